The third kappa shape index (κ3) is 3.82. The predicted molar refractivity (Wildman–Crippen MR) is 79.5 cm³/mol. The van der Waals surface area contributed by atoms with Crippen molar-refractivity contribution in [1.29, 1.82) is 0 Å². The van der Waals surface area contributed by atoms with Crippen molar-refractivity contribution in [3.63, 3.8) is 0 Å². The Balaban J connectivity index is 1.93. The summed E-state index contributed by atoms with van der Waals surface area (Å²) in [5.74, 6) is 0.0128. The van der Waals surface area contributed by atoms with E-state index in [1.165, 1.54) is 7.11 Å². The smallest absolute Gasteiger partial charge is 0.337 e. The van der Waals surface area contributed by atoms with E-state index in [1.54, 1.807) is 18.2 Å². The van der Waals surface area contributed by atoms with Gasteiger partial charge in [0.05, 0.1) is 12.7 Å². The molecule has 0 unspecified atom stereocenters. The minimum atomic E-state index is -0.373. The zero-order chi connectivity index (χ0) is 15.2. The summed E-state index contributed by atoms with van der Waals surface area (Å²) in [4.78, 5) is 23.7. The first-order valence-corrected chi connectivity index (χ1v) is 7.30. The number of ether oxygens (including phenoxy) is 1. The second-order valence-corrected chi connectivity index (χ2v) is 5.44. The van der Waals surface area contributed by atoms with Crippen LogP contribution in [0.15, 0.2) is 24.3 Å². The van der Waals surface area contributed by atoms with Crippen molar-refractivity contribution in [2.45, 2.75) is 25.8 Å². The van der Waals surface area contributed by atoms with Crippen LogP contribution in [0.2, 0.25) is 0 Å². The number of nitrogens with one attached hydrogen (secondary N) is 1. The zero-order valence-corrected chi connectivity index (χ0v) is 12.3. The summed E-state index contributed by atoms with van der Waals surface area (Å²) < 4.78 is 4.69. The first-order chi connectivity index (χ1) is 10.2. The maximum absolute atomic E-state index is 12.2. The zero-order valence-electron chi connectivity index (χ0n) is 12.3. The lowest BCUT2D eigenvalue weighted by atomic mass is 9.95. The lowest BCUT2D eigenvalue weighted by molar-refractivity contribution is -0.126. The molecule has 1 aromatic rings. The number of nitrogens with two attached hydrogens (primary N) is 1. The van der Waals surface area contributed by atoms with Gasteiger partial charge >= 0.3 is 5.97 Å². The fourth-order valence-electron chi connectivity index (χ4n) is 2.91. The average Bonchev–Trinajstić information content (AvgIpc) is 3.00. The molecule has 0 spiro atoms. The number of carbonyl (C=O) groups is 2. The number of rotatable bonds is 5. The molecule has 0 bridgehead atoms. The van der Waals surface area contributed by atoms with Crippen LogP contribution in [0.5, 0.6) is 0 Å². The van der Waals surface area contributed by atoms with Gasteiger partial charge in [-0.15, -0.1) is 0 Å². The van der Waals surface area contributed by atoms with Crippen molar-refractivity contribution in [2.75, 3.05) is 13.7 Å². The van der Waals surface area contributed by atoms with Crippen molar-refractivity contribution in [1.82, 2.24) is 5.32 Å². The molecule has 0 aliphatic heterocycles. The summed E-state index contributed by atoms with van der Waals surface area (Å²) in [5, 5.41) is 2.94. The fourth-order valence-corrected chi connectivity index (χ4v) is 2.91. The number of hydrogen-bond donors (Lipinski definition) is 2. The van der Waals surface area contributed by atoms with Crippen molar-refractivity contribution in [2.24, 2.45) is 17.6 Å². The molecule has 21 heavy (non-hydrogen) atoms. The Hall–Kier alpha value is -1.88. The summed E-state index contributed by atoms with van der Waals surface area (Å²) in [5.41, 5.74) is 7.08. The highest BCUT2D eigenvalue weighted by atomic mass is 16.5. The van der Waals surface area contributed by atoms with Crippen LogP contribution in [-0.2, 0) is 16.1 Å². The van der Waals surface area contributed by atoms with Gasteiger partial charge < -0.3 is 15.8 Å². The van der Waals surface area contributed by atoms with Crippen LogP contribution in [0.3, 0.4) is 0 Å². The van der Waals surface area contributed by atoms with Gasteiger partial charge in [0.1, 0.15) is 0 Å². The number of esters is 1. The van der Waals surface area contributed by atoms with E-state index in [2.05, 4.69) is 10.1 Å². The maximum atomic E-state index is 12.2. The van der Waals surface area contributed by atoms with E-state index >= 15 is 0 Å². The summed E-state index contributed by atoms with van der Waals surface area (Å²) in [6.45, 7) is 0.980. The first kappa shape index (κ1) is 15.5. The van der Waals surface area contributed by atoms with Gasteiger partial charge in [-0.2, -0.15) is 0 Å². The summed E-state index contributed by atoms with van der Waals surface area (Å²) in [7, 11) is 1.35. The fraction of sp³-hybridized carbons (Fsp3) is 0.500. The van der Waals surface area contributed by atoms with E-state index in [0.717, 1.165) is 24.8 Å². The van der Waals surface area contributed by atoms with Crippen LogP contribution in [-0.4, -0.2) is 25.5 Å². The number of amides is 1. The van der Waals surface area contributed by atoms with E-state index in [9.17, 15) is 9.59 Å². The molecule has 2 rings (SSSR count). The molecule has 0 radical (unpaired) electrons. The van der Waals surface area contributed by atoms with Crippen molar-refractivity contribution in [3.8, 4) is 0 Å². The molecule has 3 N–H and O–H groups in total. The molecule has 0 saturated heterocycles. The van der Waals surface area contributed by atoms with Crippen LogP contribution < -0.4 is 11.1 Å². The van der Waals surface area contributed by atoms with Gasteiger partial charge in [-0.05, 0) is 43.0 Å². The third-order valence-corrected chi connectivity index (χ3v) is 4.11. The van der Waals surface area contributed by atoms with Crippen LogP contribution in [0.25, 0.3) is 0 Å². The number of carbonyl (C=O) groups excluding carboxylic acids is 2. The molecular weight excluding hydrogens is 268 g/mol. The van der Waals surface area contributed by atoms with Gasteiger partial charge in [0, 0.05) is 12.5 Å². The Labute approximate surface area is 124 Å². The lowest BCUT2D eigenvalue weighted by Crippen LogP contribution is -2.34. The molecule has 0 heterocycles. The Morgan fingerprint density at radius 1 is 1.38 bits per heavy atom. The molecule has 2 atom stereocenters. The molecule has 5 nitrogen and oxygen atoms in total. The predicted octanol–water partition coefficient (Wildman–Crippen LogP) is 1.46. The normalized spacial score (nSPS) is 21.0. The lowest BCUT2D eigenvalue weighted by Gasteiger charge is -2.17. The molecule has 1 fully saturated rings. The van der Waals surface area contributed by atoms with E-state index in [4.69, 9.17) is 5.73 Å². The highest BCUT2D eigenvalue weighted by Crippen LogP contribution is 2.30. The molecule has 1 amide bonds. The molecule has 5 heteroatoms. The largest absolute Gasteiger partial charge is 0.465 e. The average molecular weight is 290 g/mol. The van der Waals surface area contributed by atoms with Crippen LogP contribution in [0, 0.1) is 11.8 Å². The van der Waals surface area contributed by atoms with E-state index in [0.29, 0.717) is 24.6 Å². The van der Waals surface area contributed by atoms with Crippen molar-refractivity contribution < 1.29 is 14.3 Å². The SMILES string of the molecule is COC(=O)c1cccc(CNC(=O)[C@@H]2CCC[C@@H]2CN)c1. The van der Waals surface area contributed by atoms with Crippen molar-refractivity contribution in [3.05, 3.63) is 35.4 Å². The van der Waals surface area contributed by atoms with Crippen LogP contribution >= 0.6 is 0 Å². The van der Waals surface area contributed by atoms with E-state index < -0.39 is 0 Å². The van der Waals surface area contributed by atoms with E-state index in [1.807, 2.05) is 6.07 Å². The van der Waals surface area contributed by atoms with Crippen LogP contribution in [0.1, 0.15) is 35.2 Å². The topological polar surface area (TPSA) is 81.4 Å². The second-order valence-electron chi connectivity index (χ2n) is 5.44. The monoisotopic (exact) mass is 290 g/mol. The van der Waals surface area contributed by atoms with Gasteiger partial charge in [0.25, 0.3) is 0 Å². The maximum Gasteiger partial charge on any atom is 0.337 e. The van der Waals surface area contributed by atoms with Crippen molar-refractivity contribution >= 4 is 11.9 Å². The number of hydrogen-bond acceptors (Lipinski definition) is 4. The molecule has 114 valence electrons. The van der Waals surface area contributed by atoms with Gasteiger partial charge in [0.2, 0.25) is 5.91 Å². The molecule has 1 aromatic carbocycles. The first-order valence-electron chi connectivity index (χ1n) is 7.30. The third-order valence-electron chi connectivity index (χ3n) is 4.11. The minimum absolute atomic E-state index is 0.0267. The Morgan fingerprint density at radius 2 is 2.19 bits per heavy atom. The van der Waals surface area contributed by atoms with Gasteiger partial charge in [-0.1, -0.05) is 18.6 Å². The molecular formula is C16H22N2O3. The quantitative estimate of drug-likeness (QED) is 0.805. The van der Waals surface area contributed by atoms with Gasteiger partial charge in [-0.25, -0.2) is 4.79 Å². The highest BCUT2D eigenvalue weighted by Gasteiger charge is 2.31. The second kappa shape index (κ2) is 7.22. The Morgan fingerprint density at radius 3 is 2.90 bits per heavy atom. The summed E-state index contributed by atoms with van der Waals surface area (Å²) in [6.07, 6.45) is 3.01. The minimum Gasteiger partial charge on any atom is -0.465 e. The summed E-state index contributed by atoms with van der Waals surface area (Å²) >= 11 is 0. The molecule has 0 aromatic heterocycles. The molecule has 1 aliphatic carbocycles. The van der Waals surface area contributed by atoms with Gasteiger partial charge in [-0.3, -0.25) is 4.79 Å². The Kier molecular flexibility index (Phi) is 5.33. The Bertz CT molecular complexity index is 516. The number of methoxy groups -OCH3 is 1. The standard InChI is InChI=1S/C16H22N2O3/c1-21-16(20)12-5-2-4-11(8-12)10-18-15(19)14-7-3-6-13(14)9-17/h2,4-5,8,13-14H,3,6-7,9-10,17H2,1H3,(H,18,19)/t13-,14-/m1/s1. The molecule has 1 aliphatic rings. The van der Waals surface area contributed by atoms with Crippen LogP contribution in [0.4, 0.5) is 0 Å². The highest BCUT2D eigenvalue weighted by molar-refractivity contribution is 5.89. The summed E-state index contributed by atoms with van der Waals surface area (Å²) in [6, 6.07) is 7.09. The molecule has 1 saturated carbocycles. The number of benzene rings is 1. The van der Waals surface area contributed by atoms with E-state index in [-0.39, 0.29) is 17.8 Å². The van der Waals surface area contributed by atoms with Gasteiger partial charge in [0.15, 0.2) is 0 Å².